The van der Waals surface area contributed by atoms with Gasteiger partial charge in [-0.25, -0.2) is 19.9 Å². The first kappa shape index (κ1) is 47.1. The lowest BCUT2D eigenvalue weighted by Crippen LogP contribution is -2.46. The van der Waals surface area contributed by atoms with Crippen LogP contribution < -0.4 is 31.3 Å². The maximum Gasteiger partial charge on any atom is 0.269 e. The van der Waals surface area contributed by atoms with Crippen LogP contribution in [0.25, 0.3) is 11.0 Å². The second-order valence-electron chi connectivity index (χ2n) is 14.7. The number of carbonyl (C=O) groups is 3. The molecule has 8 rings (SSSR count). The van der Waals surface area contributed by atoms with Crippen molar-refractivity contribution in [2.45, 2.75) is 32.1 Å². The van der Waals surface area contributed by atoms with E-state index in [0.717, 1.165) is 61.6 Å². The van der Waals surface area contributed by atoms with Gasteiger partial charge >= 0.3 is 0 Å². The number of benzene rings is 2. The van der Waals surface area contributed by atoms with Gasteiger partial charge in [-0.2, -0.15) is 8.78 Å². The van der Waals surface area contributed by atoms with Crippen LogP contribution in [0.2, 0.25) is 10.0 Å². The van der Waals surface area contributed by atoms with E-state index in [9.17, 15) is 28.0 Å². The van der Waals surface area contributed by atoms with E-state index in [2.05, 4.69) is 61.7 Å². The fourth-order valence-electron chi connectivity index (χ4n) is 7.07. The first-order chi connectivity index (χ1) is 30.2. The summed E-state index contributed by atoms with van der Waals surface area (Å²) < 4.78 is 28.2. The molecule has 0 atom stereocenters. The smallest absolute Gasteiger partial charge is 0.269 e. The minimum absolute atomic E-state index is 0.00163. The highest BCUT2D eigenvalue weighted by atomic mass is 79.9. The normalized spacial score (nSPS) is 15.1. The molecule has 6 heterocycles. The molecule has 3 aromatic heterocycles. The zero-order valence-corrected chi connectivity index (χ0v) is 38.1. The summed E-state index contributed by atoms with van der Waals surface area (Å²) >= 11 is 16.1. The molecule has 5 aromatic rings. The maximum atomic E-state index is 14.4. The Morgan fingerprint density at radius 2 is 1.33 bits per heavy atom. The van der Waals surface area contributed by atoms with Crippen LogP contribution in [-0.4, -0.2) is 115 Å². The third kappa shape index (κ3) is 11.2. The number of carbonyl (C=O) groups excluding carboxylic acids is 3. The Hall–Kier alpha value is -5.40. The number of Topliss-reactive ketones (excluding diaryl/α,β-unsaturated/α-hetero) is 1. The van der Waals surface area contributed by atoms with E-state index in [0.29, 0.717) is 68.8 Å². The summed E-state index contributed by atoms with van der Waals surface area (Å²) in [6.07, 6.45) is 0.281. The van der Waals surface area contributed by atoms with E-state index in [1.54, 1.807) is 32.0 Å². The number of aryl methyl sites for hydroxylation is 1. The van der Waals surface area contributed by atoms with Gasteiger partial charge in [0.2, 0.25) is 11.9 Å². The summed E-state index contributed by atoms with van der Waals surface area (Å²) in [5, 5.41) is 9.85. The van der Waals surface area contributed by atoms with Gasteiger partial charge < -0.3 is 30.7 Å². The van der Waals surface area contributed by atoms with Crippen LogP contribution in [0, 0.1) is 18.8 Å². The second-order valence-corrected chi connectivity index (χ2v) is 16.0. The Balaban J connectivity index is 0.000000174. The van der Waals surface area contributed by atoms with Gasteiger partial charge in [0.1, 0.15) is 17.1 Å². The molecule has 20 heteroatoms. The number of rotatable bonds is 7. The summed E-state index contributed by atoms with van der Waals surface area (Å²) in [6.45, 7) is 9.89. The molecule has 2 saturated heterocycles. The van der Waals surface area contributed by atoms with E-state index >= 15 is 0 Å². The number of hydrogen-bond donors (Lipinski definition) is 4. The van der Waals surface area contributed by atoms with Crippen LogP contribution in [0.1, 0.15) is 50.3 Å². The predicted molar refractivity (Wildman–Crippen MR) is 245 cm³/mol. The average molecular weight is 970 g/mol. The van der Waals surface area contributed by atoms with Crippen molar-refractivity contribution in [3.05, 3.63) is 115 Å². The molecule has 0 unspecified atom stereocenters. The Labute approximate surface area is 380 Å². The number of fused-ring (bicyclic) bond motifs is 2. The first-order valence-electron chi connectivity index (χ1n) is 20.1. The molecule has 15 nitrogen and oxygen atoms in total. The predicted octanol–water partition coefficient (Wildman–Crippen LogP) is 5.54. The fraction of sp³-hybridized carbons (Fsp3) is 0.349. The Bertz CT molecular complexity index is 2620. The lowest BCUT2D eigenvalue weighted by Gasteiger charge is -2.36. The van der Waals surface area contributed by atoms with E-state index in [1.165, 1.54) is 20.2 Å². The number of nitrogens with one attached hydrogen (secondary N) is 4. The van der Waals surface area contributed by atoms with Crippen LogP contribution in [0.5, 0.6) is 0 Å². The standard InChI is InChI=1S/C22H23ClFN5O2.C11H15FN4O.C10H8BrClN2O/c1-13-19(30)11-15-16(26-13)4-3-14(20(15)23)12-28-7-9-29(10-8-28)18-6-5-17(22(31)25-2)27-21(18)24;1-13-11(17)8-2-3-9(10(12)15-8)16-6-4-14-5-7-16;1-5-10(15)14-9-7(13-5)3-2-6(4-11)8(9)12/h3-6H,7-12H2,1-2H3,(H,25,31);2-3,14H,4-7H2,1H3,(H,13,17);2-3H,4H2,1H3,(H,14,15). The van der Waals surface area contributed by atoms with Crippen molar-refractivity contribution in [3.63, 3.8) is 0 Å². The molecule has 2 fully saturated rings. The largest absolute Gasteiger partial charge is 0.365 e. The number of aromatic amines is 1. The molecule has 63 heavy (non-hydrogen) atoms. The monoisotopic (exact) mass is 967 g/mol. The maximum absolute atomic E-state index is 14.4. The Morgan fingerprint density at radius 1 is 0.762 bits per heavy atom. The van der Waals surface area contributed by atoms with E-state index in [4.69, 9.17) is 23.2 Å². The lowest BCUT2D eigenvalue weighted by molar-refractivity contribution is -0.112. The second kappa shape index (κ2) is 21.3. The van der Waals surface area contributed by atoms with Gasteiger partial charge in [0, 0.05) is 90.3 Å². The summed E-state index contributed by atoms with van der Waals surface area (Å²) in [6, 6.07) is 13.9. The van der Waals surface area contributed by atoms with Crippen LogP contribution in [0.3, 0.4) is 0 Å². The molecule has 3 aliphatic heterocycles. The molecule has 0 aliphatic carbocycles. The molecule has 0 bridgehead atoms. The zero-order valence-electron chi connectivity index (χ0n) is 35.1. The van der Waals surface area contributed by atoms with Crippen molar-refractivity contribution >= 4 is 90.5 Å². The van der Waals surface area contributed by atoms with Crippen LogP contribution in [0.15, 0.2) is 58.3 Å². The molecular formula is C43H46BrCl2F2N11O4. The van der Waals surface area contributed by atoms with Crippen LogP contribution >= 0.6 is 39.1 Å². The van der Waals surface area contributed by atoms with Gasteiger partial charge in [-0.05, 0) is 61.4 Å². The van der Waals surface area contributed by atoms with E-state index < -0.39 is 17.8 Å². The number of H-pyrrole nitrogens is 1. The number of pyridine rings is 2. The Morgan fingerprint density at radius 3 is 1.89 bits per heavy atom. The summed E-state index contributed by atoms with van der Waals surface area (Å²) in [5.41, 5.74) is 6.53. The van der Waals surface area contributed by atoms with Gasteiger partial charge in [-0.1, -0.05) is 51.3 Å². The summed E-state index contributed by atoms with van der Waals surface area (Å²) in [7, 11) is 2.97. The van der Waals surface area contributed by atoms with Gasteiger partial charge in [0.15, 0.2) is 5.78 Å². The van der Waals surface area contributed by atoms with E-state index in [-0.39, 0.29) is 35.1 Å². The van der Waals surface area contributed by atoms with Crippen molar-refractivity contribution < 1.29 is 23.2 Å². The molecule has 0 spiro atoms. The quantitative estimate of drug-likeness (QED) is 0.119. The number of nitrogens with zero attached hydrogens (tertiary/aromatic N) is 7. The number of amides is 2. The number of anilines is 2. The fourth-order valence-corrected chi connectivity index (χ4v) is 8.26. The van der Waals surface area contributed by atoms with E-state index in [1.807, 2.05) is 34.1 Å². The SMILES string of the molecule is CNC(=O)c1ccc(N2CCN(Cc3ccc4c(c3Cl)CC(=O)C(C)=N4)CC2)c(F)n1.CNC(=O)c1ccc(N2CCNCC2)c(F)n1.Cc1nc2ccc(CBr)c(Cl)c2[nH]c1=O. The first-order valence-corrected chi connectivity index (χ1v) is 21.9. The summed E-state index contributed by atoms with van der Waals surface area (Å²) in [5.74, 6) is -2.03. The van der Waals surface area contributed by atoms with Crippen LogP contribution in [-0.2, 0) is 23.1 Å². The minimum Gasteiger partial charge on any atom is -0.365 e. The number of ketones is 1. The highest BCUT2D eigenvalue weighted by Crippen LogP contribution is 2.34. The van der Waals surface area contributed by atoms with Crippen molar-refractivity contribution in [3.8, 4) is 0 Å². The highest BCUT2D eigenvalue weighted by molar-refractivity contribution is 9.08. The molecule has 0 radical (unpaired) electrons. The third-order valence-corrected chi connectivity index (χ3v) is 12.2. The van der Waals surface area contributed by atoms with Crippen molar-refractivity contribution in [1.29, 1.82) is 0 Å². The molecule has 2 aromatic carbocycles. The lowest BCUT2D eigenvalue weighted by atomic mass is 9.98. The Kier molecular flexibility index (Phi) is 15.9. The van der Waals surface area contributed by atoms with Gasteiger partial charge in [0.05, 0.1) is 43.9 Å². The summed E-state index contributed by atoms with van der Waals surface area (Å²) in [4.78, 5) is 71.1. The molecular weight excluding hydrogens is 923 g/mol. The zero-order chi connectivity index (χ0) is 45.4. The number of piperazine rings is 2. The minimum atomic E-state index is -0.646. The van der Waals surface area contributed by atoms with Gasteiger partial charge in [-0.15, -0.1) is 0 Å². The highest BCUT2D eigenvalue weighted by Gasteiger charge is 2.25. The molecule has 2 amide bonds. The topological polar surface area (TPSA) is 181 Å². The number of aromatic nitrogens is 4. The van der Waals surface area contributed by atoms with Crippen LogP contribution in [0.4, 0.5) is 25.8 Å². The molecule has 3 aliphatic rings. The number of halogens is 5. The van der Waals surface area contributed by atoms with Gasteiger partial charge in [0.25, 0.3) is 17.4 Å². The van der Waals surface area contributed by atoms with Crippen molar-refractivity contribution in [2.24, 2.45) is 4.99 Å². The van der Waals surface area contributed by atoms with Crippen molar-refractivity contribution in [2.75, 3.05) is 76.3 Å². The van der Waals surface area contributed by atoms with Gasteiger partial charge in [-0.3, -0.25) is 24.1 Å². The molecule has 4 N–H and O–H groups in total. The van der Waals surface area contributed by atoms with Crippen molar-refractivity contribution in [1.82, 2.24) is 40.8 Å². The third-order valence-electron chi connectivity index (χ3n) is 10.7. The average Bonchev–Trinajstić information content (AvgIpc) is 3.29. The molecule has 332 valence electrons. The number of alkyl halides is 1. The molecule has 0 saturated carbocycles. The number of aliphatic imine (C=N–C) groups is 1. The number of hydrogen-bond acceptors (Lipinski definition) is 12.